The molecule has 2 rings (SSSR count). The lowest BCUT2D eigenvalue weighted by molar-refractivity contribution is 0.275. The molecule has 2 N–H and O–H groups in total. The lowest BCUT2D eigenvalue weighted by atomic mass is 10.2. The first-order chi connectivity index (χ1) is 9.53. The number of halogens is 1. The van der Waals surface area contributed by atoms with Crippen LogP contribution in [0.25, 0.3) is 0 Å². The van der Waals surface area contributed by atoms with Crippen molar-refractivity contribution in [1.29, 1.82) is 0 Å². The molecule has 0 atom stereocenters. The number of aromatic nitrogens is 2. The van der Waals surface area contributed by atoms with E-state index >= 15 is 0 Å². The van der Waals surface area contributed by atoms with Crippen molar-refractivity contribution in [2.24, 2.45) is 0 Å². The molecule has 8 heteroatoms. The van der Waals surface area contributed by atoms with Gasteiger partial charge in [-0.3, -0.25) is 0 Å². The molecule has 0 aliphatic carbocycles. The van der Waals surface area contributed by atoms with Crippen molar-refractivity contribution in [3.05, 3.63) is 48.3 Å². The SMILES string of the molecule is O=S(=O)(NCCn1ccnc1)c1ccc(F)c(CO)c1. The monoisotopic (exact) mass is 299 g/mol. The van der Waals surface area contributed by atoms with Crippen LogP contribution in [0.5, 0.6) is 0 Å². The Hall–Kier alpha value is -1.77. The lowest BCUT2D eigenvalue weighted by Gasteiger charge is -2.08. The summed E-state index contributed by atoms with van der Waals surface area (Å²) in [5.74, 6) is -0.634. The predicted molar refractivity (Wildman–Crippen MR) is 69.7 cm³/mol. The average molecular weight is 299 g/mol. The van der Waals surface area contributed by atoms with E-state index in [1.54, 1.807) is 23.3 Å². The molecule has 0 amide bonds. The minimum absolute atomic E-state index is 0.0533. The van der Waals surface area contributed by atoms with Crippen molar-refractivity contribution in [2.75, 3.05) is 6.54 Å². The second-order valence-corrected chi connectivity index (χ2v) is 5.88. The Morgan fingerprint density at radius 3 is 2.85 bits per heavy atom. The molecule has 0 fully saturated rings. The number of imidazole rings is 1. The van der Waals surface area contributed by atoms with Crippen LogP contribution in [0, 0.1) is 5.82 Å². The van der Waals surface area contributed by atoms with Crippen LogP contribution in [-0.2, 0) is 23.2 Å². The smallest absolute Gasteiger partial charge is 0.240 e. The van der Waals surface area contributed by atoms with E-state index < -0.39 is 22.4 Å². The lowest BCUT2D eigenvalue weighted by Crippen LogP contribution is -2.27. The van der Waals surface area contributed by atoms with Gasteiger partial charge in [-0.1, -0.05) is 0 Å². The summed E-state index contributed by atoms with van der Waals surface area (Å²) in [6, 6.07) is 3.30. The molecule has 0 bridgehead atoms. The first-order valence-corrected chi connectivity index (χ1v) is 7.36. The summed E-state index contributed by atoms with van der Waals surface area (Å²) in [7, 11) is -3.72. The van der Waals surface area contributed by atoms with Gasteiger partial charge >= 0.3 is 0 Å². The molecule has 0 aliphatic rings. The molecule has 1 aromatic carbocycles. The van der Waals surface area contributed by atoms with Crippen molar-refractivity contribution in [1.82, 2.24) is 14.3 Å². The number of nitrogens with zero attached hydrogens (tertiary/aromatic N) is 2. The maximum absolute atomic E-state index is 13.2. The molecule has 1 heterocycles. The Morgan fingerprint density at radius 2 is 2.20 bits per heavy atom. The van der Waals surface area contributed by atoms with Gasteiger partial charge in [0.1, 0.15) is 5.82 Å². The van der Waals surface area contributed by atoms with Crippen LogP contribution >= 0.6 is 0 Å². The molecule has 108 valence electrons. The summed E-state index contributed by atoms with van der Waals surface area (Å²) in [6.07, 6.45) is 4.90. The summed E-state index contributed by atoms with van der Waals surface area (Å²) in [6.45, 7) is 0.0715. The van der Waals surface area contributed by atoms with E-state index in [4.69, 9.17) is 5.11 Å². The van der Waals surface area contributed by atoms with Crippen molar-refractivity contribution in [3.8, 4) is 0 Å². The van der Waals surface area contributed by atoms with E-state index in [0.29, 0.717) is 6.54 Å². The van der Waals surface area contributed by atoms with Gasteiger partial charge in [-0.2, -0.15) is 0 Å². The van der Waals surface area contributed by atoms with E-state index in [2.05, 4.69) is 9.71 Å². The van der Waals surface area contributed by atoms with Crippen molar-refractivity contribution in [3.63, 3.8) is 0 Å². The molecule has 20 heavy (non-hydrogen) atoms. The fraction of sp³-hybridized carbons (Fsp3) is 0.250. The second-order valence-electron chi connectivity index (χ2n) is 4.11. The molecule has 6 nitrogen and oxygen atoms in total. The molecular formula is C12H14FN3O3S. The number of benzene rings is 1. The van der Waals surface area contributed by atoms with Gasteiger partial charge in [0.25, 0.3) is 0 Å². The highest BCUT2D eigenvalue weighted by Gasteiger charge is 2.15. The van der Waals surface area contributed by atoms with Gasteiger partial charge in [-0.15, -0.1) is 0 Å². The molecule has 2 aromatic rings. The highest BCUT2D eigenvalue weighted by Crippen LogP contribution is 2.14. The maximum atomic E-state index is 13.2. The topological polar surface area (TPSA) is 84.2 Å². The number of hydrogen-bond acceptors (Lipinski definition) is 4. The fourth-order valence-electron chi connectivity index (χ4n) is 1.65. The van der Waals surface area contributed by atoms with Crippen LogP contribution < -0.4 is 4.72 Å². The zero-order chi connectivity index (χ0) is 14.6. The van der Waals surface area contributed by atoms with Gasteiger partial charge < -0.3 is 9.67 Å². The summed E-state index contributed by atoms with van der Waals surface area (Å²) in [5, 5.41) is 8.94. The molecular weight excluding hydrogens is 285 g/mol. The van der Waals surface area contributed by atoms with Crippen LogP contribution in [-0.4, -0.2) is 29.6 Å². The number of hydrogen-bond donors (Lipinski definition) is 2. The zero-order valence-electron chi connectivity index (χ0n) is 10.5. The number of aliphatic hydroxyl groups is 1. The fourth-order valence-corrected chi connectivity index (χ4v) is 2.72. The largest absolute Gasteiger partial charge is 0.392 e. The number of nitrogens with one attached hydrogen (secondary N) is 1. The third-order valence-electron chi connectivity index (χ3n) is 2.72. The van der Waals surface area contributed by atoms with Gasteiger partial charge in [0.2, 0.25) is 10.0 Å². The van der Waals surface area contributed by atoms with Crippen LogP contribution in [0.4, 0.5) is 4.39 Å². The number of aliphatic hydroxyl groups excluding tert-OH is 1. The summed E-state index contributed by atoms with van der Waals surface area (Å²) < 4.78 is 41.3. The highest BCUT2D eigenvalue weighted by molar-refractivity contribution is 7.89. The van der Waals surface area contributed by atoms with Crippen LogP contribution in [0.2, 0.25) is 0 Å². The van der Waals surface area contributed by atoms with Gasteiger partial charge in [-0.05, 0) is 18.2 Å². The van der Waals surface area contributed by atoms with E-state index in [0.717, 1.165) is 18.2 Å². The normalized spacial score (nSPS) is 11.7. The van der Waals surface area contributed by atoms with Crippen molar-refractivity contribution in [2.45, 2.75) is 18.0 Å². The molecule has 1 aromatic heterocycles. The van der Waals surface area contributed by atoms with Gasteiger partial charge in [0.05, 0.1) is 17.8 Å². The van der Waals surface area contributed by atoms with Crippen molar-refractivity contribution < 1.29 is 17.9 Å². The number of rotatable bonds is 6. The molecule has 0 spiro atoms. The Balaban J connectivity index is 2.06. The standard InChI is InChI=1S/C12H14FN3O3S/c13-12-2-1-11(7-10(12)8-17)20(18,19)15-4-6-16-5-3-14-9-16/h1-3,5,7,9,15,17H,4,6,8H2. The predicted octanol–water partition coefficient (Wildman–Crippen LogP) is 0.493. The molecule has 0 radical (unpaired) electrons. The van der Waals surface area contributed by atoms with Gasteiger partial charge in [-0.25, -0.2) is 22.5 Å². The summed E-state index contributed by atoms with van der Waals surface area (Å²) in [5.41, 5.74) is -0.0533. The molecule has 0 aliphatic heterocycles. The van der Waals surface area contributed by atoms with Crippen LogP contribution in [0.3, 0.4) is 0 Å². The van der Waals surface area contributed by atoms with E-state index in [1.165, 1.54) is 0 Å². The van der Waals surface area contributed by atoms with Crippen molar-refractivity contribution >= 4 is 10.0 Å². The Kier molecular flexibility index (Phi) is 4.48. The molecule has 0 saturated heterocycles. The first kappa shape index (κ1) is 14.6. The maximum Gasteiger partial charge on any atom is 0.240 e. The van der Waals surface area contributed by atoms with Crippen LogP contribution in [0.15, 0.2) is 41.8 Å². The quantitative estimate of drug-likeness (QED) is 0.813. The number of sulfonamides is 1. The van der Waals surface area contributed by atoms with Gasteiger partial charge in [0, 0.05) is 31.0 Å². The minimum Gasteiger partial charge on any atom is -0.392 e. The van der Waals surface area contributed by atoms with E-state index in [9.17, 15) is 12.8 Å². The third kappa shape index (κ3) is 3.41. The zero-order valence-corrected chi connectivity index (χ0v) is 11.3. The van der Waals surface area contributed by atoms with E-state index in [1.807, 2.05) is 0 Å². The molecule has 0 unspecified atom stereocenters. The average Bonchev–Trinajstić information content (AvgIpc) is 2.92. The second kappa shape index (κ2) is 6.12. The molecule has 0 saturated carbocycles. The highest BCUT2D eigenvalue weighted by atomic mass is 32.2. The van der Waals surface area contributed by atoms with E-state index in [-0.39, 0.29) is 17.0 Å². The summed E-state index contributed by atoms with van der Waals surface area (Å²) in [4.78, 5) is 3.77. The first-order valence-electron chi connectivity index (χ1n) is 5.87. The minimum atomic E-state index is -3.72. The third-order valence-corrected chi connectivity index (χ3v) is 4.18. The van der Waals surface area contributed by atoms with Gasteiger partial charge in [0.15, 0.2) is 0 Å². The van der Waals surface area contributed by atoms with Crippen LogP contribution in [0.1, 0.15) is 5.56 Å². The summed E-state index contributed by atoms with van der Waals surface area (Å²) >= 11 is 0. The Labute approximate surface area is 115 Å². The Bertz CT molecular complexity index is 671. The Morgan fingerprint density at radius 1 is 1.40 bits per heavy atom.